The topological polar surface area (TPSA) is 59.2 Å². The fraction of sp³-hybridized carbons (Fsp3) is 0.438. The number of carbonyl (C=O) groups is 1. The van der Waals surface area contributed by atoms with Crippen LogP contribution < -0.4 is 0 Å². The van der Waals surface area contributed by atoms with Gasteiger partial charge in [-0.3, -0.25) is 4.79 Å². The van der Waals surface area contributed by atoms with Crippen LogP contribution in [0.1, 0.15) is 41.9 Å². The molecule has 0 radical (unpaired) electrons. The highest BCUT2D eigenvalue weighted by Gasteiger charge is 2.17. The van der Waals surface area contributed by atoms with Gasteiger partial charge in [0.05, 0.1) is 0 Å². The Bertz CT molecular complexity index is 611. The molecule has 21 heavy (non-hydrogen) atoms. The lowest BCUT2D eigenvalue weighted by molar-refractivity contribution is 0.0761. The van der Waals surface area contributed by atoms with Crippen molar-refractivity contribution in [2.75, 3.05) is 13.1 Å². The molecule has 5 heteroatoms. The minimum atomic E-state index is 0.116. The van der Waals surface area contributed by atoms with Gasteiger partial charge in [-0.15, -0.1) is 10.2 Å². The minimum Gasteiger partial charge on any atom is -0.421 e. The van der Waals surface area contributed by atoms with Crippen LogP contribution in [0.25, 0.3) is 11.5 Å². The molecule has 1 amide bonds. The molecule has 1 aromatic heterocycles. The molecule has 0 bridgehead atoms. The van der Waals surface area contributed by atoms with Crippen molar-refractivity contribution >= 4 is 5.91 Å². The lowest BCUT2D eigenvalue weighted by Crippen LogP contribution is -2.31. The molecule has 1 fully saturated rings. The Morgan fingerprint density at radius 1 is 1.05 bits per heavy atom. The predicted octanol–water partition coefficient (Wildman–Crippen LogP) is 3.06. The molecule has 0 spiro atoms. The predicted molar refractivity (Wildman–Crippen MR) is 78.8 cm³/mol. The van der Waals surface area contributed by atoms with Gasteiger partial charge in [0.15, 0.2) is 0 Å². The molecular weight excluding hydrogens is 266 g/mol. The van der Waals surface area contributed by atoms with Gasteiger partial charge in [0.2, 0.25) is 11.8 Å². The monoisotopic (exact) mass is 285 g/mol. The number of aryl methyl sites for hydroxylation is 1. The fourth-order valence-corrected chi connectivity index (χ4v) is 2.62. The molecule has 3 rings (SSSR count). The first kappa shape index (κ1) is 13.8. The number of rotatable bonds is 2. The third-order valence-corrected chi connectivity index (χ3v) is 3.80. The molecule has 1 aromatic carbocycles. The van der Waals surface area contributed by atoms with Crippen molar-refractivity contribution in [3.8, 4) is 11.5 Å². The number of amides is 1. The van der Waals surface area contributed by atoms with E-state index in [4.69, 9.17) is 4.42 Å². The number of benzene rings is 1. The summed E-state index contributed by atoms with van der Waals surface area (Å²) < 4.78 is 5.39. The Balaban J connectivity index is 1.75. The molecule has 0 atom stereocenters. The Morgan fingerprint density at radius 2 is 1.71 bits per heavy atom. The summed E-state index contributed by atoms with van der Waals surface area (Å²) in [4.78, 5) is 14.4. The van der Waals surface area contributed by atoms with Crippen molar-refractivity contribution in [2.45, 2.75) is 32.6 Å². The summed E-state index contributed by atoms with van der Waals surface area (Å²) >= 11 is 0. The first-order valence-electron chi connectivity index (χ1n) is 7.44. The number of hydrogen-bond donors (Lipinski definition) is 0. The second-order valence-electron chi connectivity index (χ2n) is 5.41. The standard InChI is InChI=1S/C16H19N3O2/c1-12-17-18-15(21-12)13-6-8-14(9-7-13)16(20)19-10-4-2-3-5-11-19/h6-9H,2-5,10-11H2,1H3. The average Bonchev–Trinajstić information content (AvgIpc) is 2.77. The number of aromatic nitrogens is 2. The van der Waals surface area contributed by atoms with Crippen LogP contribution in [0.15, 0.2) is 28.7 Å². The van der Waals surface area contributed by atoms with E-state index < -0.39 is 0 Å². The molecule has 1 aliphatic rings. The van der Waals surface area contributed by atoms with Gasteiger partial charge in [-0.1, -0.05) is 12.8 Å². The Kier molecular flexibility index (Phi) is 3.99. The van der Waals surface area contributed by atoms with E-state index in [0.717, 1.165) is 37.1 Å². The van der Waals surface area contributed by atoms with Crippen LogP contribution >= 0.6 is 0 Å². The highest BCUT2D eigenvalue weighted by atomic mass is 16.4. The smallest absolute Gasteiger partial charge is 0.253 e. The number of nitrogens with zero attached hydrogens (tertiary/aromatic N) is 3. The summed E-state index contributed by atoms with van der Waals surface area (Å²) in [5, 5.41) is 7.79. The zero-order valence-electron chi connectivity index (χ0n) is 12.2. The fourth-order valence-electron chi connectivity index (χ4n) is 2.62. The SMILES string of the molecule is Cc1nnc(-c2ccc(C(=O)N3CCCCCC3)cc2)o1. The van der Waals surface area contributed by atoms with E-state index in [1.807, 2.05) is 29.2 Å². The van der Waals surface area contributed by atoms with Crippen LogP contribution in [0.2, 0.25) is 0 Å². The van der Waals surface area contributed by atoms with Crippen LogP contribution in [-0.4, -0.2) is 34.1 Å². The number of likely N-dealkylation sites (tertiary alicyclic amines) is 1. The Labute approximate surface area is 124 Å². The van der Waals surface area contributed by atoms with Crippen molar-refractivity contribution in [3.63, 3.8) is 0 Å². The lowest BCUT2D eigenvalue weighted by atomic mass is 10.1. The first-order chi connectivity index (χ1) is 10.2. The van der Waals surface area contributed by atoms with Gasteiger partial charge in [-0.25, -0.2) is 0 Å². The number of carbonyl (C=O) groups excluding carboxylic acids is 1. The van der Waals surface area contributed by atoms with E-state index in [9.17, 15) is 4.79 Å². The van der Waals surface area contributed by atoms with Gasteiger partial charge >= 0.3 is 0 Å². The lowest BCUT2D eigenvalue weighted by Gasteiger charge is -2.20. The molecule has 1 aliphatic heterocycles. The van der Waals surface area contributed by atoms with Gasteiger partial charge in [0, 0.05) is 31.1 Å². The molecule has 5 nitrogen and oxygen atoms in total. The van der Waals surface area contributed by atoms with Crippen molar-refractivity contribution in [3.05, 3.63) is 35.7 Å². The largest absolute Gasteiger partial charge is 0.421 e. The molecule has 110 valence electrons. The third kappa shape index (κ3) is 3.12. The van der Waals surface area contributed by atoms with E-state index in [0.29, 0.717) is 11.8 Å². The van der Waals surface area contributed by atoms with E-state index in [-0.39, 0.29) is 5.91 Å². The summed E-state index contributed by atoms with van der Waals surface area (Å²) in [5.74, 6) is 1.14. The molecule has 1 saturated heterocycles. The van der Waals surface area contributed by atoms with Crippen LogP contribution in [0, 0.1) is 6.92 Å². The molecule has 2 heterocycles. The van der Waals surface area contributed by atoms with E-state index in [1.54, 1.807) is 6.92 Å². The highest BCUT2D eigenvalue weighted by molar-refractivity contribution is 5.94. The van der Waals surface area contributed by atoms with E-state index >= 15 is 0 Å². The maximum atomic E-state index is 12.5. The average molecular weight is 285 g/mol. The van der Waals surface area contributed by atoms with E-state index in [2.05, 4.69) is 10.2 Å². The molecular formula is C16H19N3O2. The molecule has 0 unspecified atom stereocenters. The van der Waals surface area contributed by atoms with Gasteiger partial charge in [0.1, 0.15) is 0 Å². The first-order valence-corrected chi connectivity index (χ1v) is 7.44. The zero-order chi connectivity index (χ0) is 14.7. The normalized spacial score (nSPS) is 15.8. The van der Waals surface area contributed by atoms with Gasteiger partial charge < -0.3 is 9.32 Å². The quantitative estimate of drug-likeness (QED) is 0.851. The van der Waals surface area contributed by atoms with Crippen LogP contribution in [0.5, 0.6) is 0 Å². The van der Waals surface area contributed by atoms with Crippen molar-refractivity contribution in [1.82, 2.24) is 15.1 Å². The van der Waals surface area contributed by atoms with Gasteiger partial charge in [-0.2, -0.15) is 0 Å². The summed E-state index contributed by atoms with van der Waals surface area (Å²) in [6.07, 6.45) is 4.65. The summed E-state index contributed by atoms with van der Waals surface area (Å²) in [5.41, 5.74) is 1.56. The van der Waals surface area contributed by atoms with Gasteiger partial charge in [0.25, 0.3) is 5.91 Å². The minimum absolute atomic E-state index is 0.116. The van der Waals surface area contributed by atoms with Gasteiger partial charge in [-0.05, 0) is 37.1 Å². The van der Waals surface area contributed by atoms with Crippen molar-refractivity contribution in [2.24, 2.45) is 0 Å². The molecule has 0 N–H and O–H groups in total. The summed E-state index contributed by atoms with van der Waals surface area (Å²) in [6.45, 7) is 3.49. The van der Waals surface area contributed by atoms with Crippen LogP contribution in [0.4, 0.5) is 0 Å². The maximum absolute atomic E-state index is 12.5. The van der Waals surface area contributed by atoms with Crippen molar-refractivity contribution < 1.29 is 9.21 Å². The second kappa shape index (κ2) is 6.08. The van der Waals surface area contributed by atoms with Crippen LogP contribution in [-0.2, 0) is 0 Å². The zero-order valence-corrected chi connectivity index (χ0v) is 12.2. The summed E-state index contributed by atoms with van der Waals surface area (Å²) in [7, 11) is 0. The molecule has 2 aromatic rings. The Morgan fingerprint density at radius 3 is 2.29 bits per heavy atom. The highest BCUT2D eigenvalue weighted by Crippen LogP contribution is 2.19. The third-order valence-electron chi connectivity index (χ3n) is 3.80. The van der Waals surface area contributed by atoms with Crippen molar-refractivity contribution in [1.29, 1.82) is 0 Å². The summed E-state index contributed by atoms with van der Waals surface area (Å²) in [6, 6.07) is 7.39. The second-order valence-corrected chi connectivity index (χ2v) is 5.41. The molecule has 0 saturated carbocycles. The maximum Gasteiger partial charge on any atom is 0.253 e. The molecule has 0 aliphatic carbocycles. The number of hydrogen-bond acceptors (Lipinski definition) is 4. The Hall–Kier alpha value is -2.17. The van der Waals surface area contributed by atoms with Crippen LogP contribution in [0.3, 0.4) is 0 Å². The van der Waals surface area contributed by atoms with E-state index in [1.165, 1.54) is 12.8 Å².